The second-order valence-electron chi connectivity index (χ2n) is 5.11. The summed E-state index contributed by atoms with van der Waals surface area (Å²) in [5, 5.41) is 7.70. The average Bonchev–Trinajstić information content (AvgIpc) is 3.07. The molecule has 2 aromatic heterocycles. The van der Waals surface area contributed by atoms with Gasteiger partial charge in [0.2, 0.25) is 5.91 Å². The van der Waals surface area contributed by atoms with Gasteiger partial charge in [-0.15, -0.1) is 0 Å². The number of nitrogens with zero attached hydrogens (tertiary/aromatic N) is 4. The number of hydrogen-bond donors (Lipinski definition) is 1. The van der Waals surface area contributed by atoms with Crippen LogP contribution >= 0.6 is 0 Å². The summed E-state index contributed by atoms with van der Waals surface area (Å²) in [6.45, 7) is 2.77. The molecule has 6 heteroatoms. The van der Waals surface area contributed by atoms with Crippen molar-refractivity contribution < 1.29 is 4.79 Å². The number of para-hydroxylation sites is 1. The lowest BCUT2D eigenvalue weighted by atomic mass is 10.2. The van der Waals surface area contributed by atoms with Crippen molar-refractivity contribution >= 4 is 16.8 Å². The molecule has 0 aliphatic carbocycles. The first-order valence-corrected chi connectivity index (χ1v) is 6.78. The monoisotopic (exact) mass is 283 g/mol. The SMILES string of the molecule is Cc1cc2ccccc2n1CC(=O)N(C)Cc1ncn[nH]1. The molecule has 108 valence electrons. The number of rotatable bonds is 4. The number of amides is 1. The molecule has 1 N–H and O–H groups in total. The number of nitrogens with one attached hydrogen (secondary N) is 1. The number of aryl methyl sites for hydroxylation is 1. The highest BCUT2D eigenvalue weighted by Gasteiger charge is 2.14. The molecule has 0 aliphatic heterocycles. The normalized spacial score (nSPS) is 11.0. The fraction of sp³-hybridized carbons (Fsp3) is 0.267. The first-order chi connectivity index (χ1) is 10.1. The van der Waals surface area contributed by atoms with Gasteiger partial charge in [-0.2, -0.15) is 5.10 Å². The van der Waals surface area contributed by atoms with Gasteiger partial charge in [0, 0.05) is 18.3 Å². The Balaban J connectivity index is 1.78. The van der Waals surface area contributed by atoms with Gasteiger partial charge >= 0.3 is 0 Å². The summed E-state index contributed by atoms with van der Waals surface area (Å²) in [4.78, 5) is 18.1. The van der Waals surface area contributed by atoms with Crippen LogP contribution in [0.1, 0.15) is 11.5 Å². The van der Waals surface area contributed by atoms with Gasteiger partial charge in [-0.3, -0.25) is 9.89 Å². The Labute approximate surface area is 122 Å². The molecule has 0 saturated heterocycles. The molecule has 0 saturated carbocycles. The van der Waals surface area contributed by atoms with Crippen LogP contribution in [-0.2, 0) is 17.9 Å². The smallest absolute Gasteiger partial charge is 0.242 e. The first-order valence-electron chi connectivity index (χ1n) is 6.78. The fourth-order valence-corrected chi connectivity index (χ4v) is 2.43. The molecule has 1 aromatic carbocycles. The number of H-pyrrole nitrogens is 1. The number of fused-ring (bicyclic) bond motifs is 1. The summed E-state index contributed by atoms with van der Waals surface area (Å²) in [6.07, 6.45) is 1.44. The van der Waals surface area contributed by atoms with Gasteiger partial charge in [0.05, 0.1) is 6.54 Å². The molecule has 21 heavy (non-hydrogen) atoms. The van der Waals surface area contributed by atoms with E-state index >= 15 is 0 Å². The molecule has 6 nitrogen and oxygen atoms in total. The van der Waals surface area contributed by atoms with Crippen LogP contribution in [0.2, 0.25) is 0 Å². The number of benzene rings is 1. The maximum absolute atomic E-state index is 12.4. The van der Waals surface area contributed by atoms with E-state index in [2.05, 4.69) is 27.3 Å². The predicted octanol–water partition coefficient (Wildman–Crippen LogP) is 1.73. The summed E-state index contributed by atoms with van der Waals surface area (Å²) in [5.74, 6) is 0.718. The maximum atomic E-state index is 12.4. The fourth-order valence-electron chi connectivity index (χ4n) is 2.43. The molecule has 0 fully saturated rings. The van der Waals surface area contributed by atoms with Crippen LogP contribution < -0.4 is 0 Å². The summed E-state index contributed by atoms with van der Waals surface area (Å²) in [6, 6.07) is 10.2. The van der Waals surface area contributed by atoms with Gasteiger partial charge in [-0.1, -0.05) is 18.2 Å². The Bertz CT molecular complexity index is 760. The largest absolute Gasteiger partial charge is 0.337 e. The van der Waals surface area contributed by atoms with Crippen molar-refractivity contribution in [2.75, 3.05) is 7.05 Å². The number of likely N-dealkylation sites (N-methyl/N-ethyl adjacent to an activating group) is 1. The maximum Gasteiger partial charge on any atom is 0.242 e. The Hall–Kier alpha value is -2.63. The Morgan fingerprint density at radius 2 is 2.19 bits per heavy atom. The molecule has 3 rings (SSSR count). The minimum absolute atomic E-state index is 0.0378. The number of hydrogen-bond acceptors (Lipinski definition) is 3. The zero-order valence-electron chi connectivity index (χ0n) is 12.1. The van der Waals surface area contributed by atoms with Crippen LogP contribution in [0.3, 0.4) is 0 Å². The highest BCUT2D eigenvalue weighted by molar-refractivity contribution is 5.84. The summed E-state index contributed by atoms with van der Waals surface area (Å²) < 4.78 is 2.04. The Kier molecular flexibility index (Phi) is 3.43. The third-order valence-corrected chi connectivity index (χ3v) is 3.59. The molecule has 0 unspecified atom stereocenters. The van der Waals surface area contributed by atoms with Crippen molar-refractivity contribution in [3.63, 3.8) is 0 Å². The van der Waals surface area contributed by atoms with Crippen LogP contribution in [0.4, 0.5) is 0 Å². The topological polar surface area (TPSA) is 66.8 Å². The van der Waals surface area contributed by atoms with E-state index in [9.17, 15) is 4.79 Å². The third-order valence-electron chi connectivity index (χ3n) is 3.59. The van der Waals surface area contributed by atoms with Crippen molar-refractivity contribution in [3.8, 4) is 0 Å². The molecule has 2 heterocycles. The lowest BCUT2D eigenvalue weighted by Gasteiger charge is -2.17. The summed E-state index contributed by atoms with van der Waals surface area (Å²) in [5.41, 5.74) is 2.16. The number of aromatic amines is 1. The van der Waals surface area contributed by atoms with Gasteiger partial charge in [0.1, 0.15) is 18.7 Å². The summed E-state index contributed by atoms with van der Waals surface area (Å²) in [7, 11) is 1.77. The number of carbonyl (C=O) groups excluding carboxylic acids is 1. The van der Waals surface area contributed by atoms with Crippen LogP contribution in [0.25, 0.3) is 10.9 Å². The predicted molar refractivity (Wildman–Crippen MR) is 79.5 cm³/mol. The molecule has 1 amide bonds. The minimum atomic E-state index is 0.0378. The average molecular weight is 283 g/mol. The molecule has 0 atom stereocenters. The second-order valence-corrected chi connectivity index (χ2v) is 5.11. The molecule has 3 aromatic rings. The van der Waals surface area contributed by atoms with E-state index in [4.69, 9.17) is 0 Å². The lowest BCUT2D eigenvalue weighted by Crippen LogP contribution is -2.30. The summed E-state index contributed by atoms with van der Waals surface area (Å²) >= 11 is 0. The van der Waals surface area contributed by atoms with Crippen molar-refractivity contribution in [1.82, 2.24) is 24.6 Å². The van der Waals surface area contributed by atoms with Crippen LogP contribution in [-0.4, -0.2) is 37.6 Å². The quantitative estimate of drug-likeness (QED) is 0.793. The molecule has 0 bridgehead atoms. The van der Waals surface area contributed by atoms with Gasteiger partial charge < -0.3 is 9.47 Å². The van der Waals surface area contributed by atoms with Crippen LogP contribution in [0, 0.1) is 6.92 Å². The van der Waals surface area contributed by atoms with Crippen molar-refractivity contribution in [1.29, 1.82) is 0 Å². The van der Waals surface area contributed by atoms with E-state index in [-0.39, 0.29) is 5.91 Å². The zero-order valence-corrected chi connectivity index (χ0v) is 12.1. The third kappa shape index (κ3) is 2.65. The highest BCUT2D eigenvalue weighted by atomic mass is 16.2. The Morgan fingerprint density at radius 1 is 1.38 bits per heavy atom. The van der Waals surface area contributed by atoms with E-state index in [0.29, 0.717) is 18.9 Å². The van der Waals surface area contributed by atoms with Gasteiger partial charge in [0.15, 0.2) is 0 Å². The standard InChI is InChI=1S/C15H17N5O/c1-11-7-12-5-3-4-6-13(12)20(11)9-15(21)19(2)8-14-16-10-17-18-14/h3-7,10H,8-9H2,1-2H3,(H,16,17,18). The highest BCUT2D eigenvalue weighted by Crippen LogP contribution is 2.19. The van der Waals surface area contributed by atoms with Gasteiger partial charge in [-0.25, -0.2) is 4.98 Å². The Morgan fingerprint density at radius 3 is 2.95 bits per heavy atom. The number of aromatic nitrogens is 4. The van der Waals surface area contributed by atoms with Crippen molar-refractivity contribution in [2.45, 2.75) is 20.0 Å². The lowest BCUT2D eigenvalue weighted by molar-refractivity contribution is -0.131. The van der Waals surface area contributed by atoms with Gasteiger partial charge in [0.25, 0.3) is 0 Å². The van der Waals surface area contributed by atoms with E-state index < -0.39 is 0 Å². The molecule has 0 radical (unpaired) electrons. The van der Waals surface area contributed by atoms with E-state index in [1.807, 2.05) is 29.7 Å². The van der Waals surface area contributed by atoms with E-state index in [1.165, 1.54) is 6.33 Å². The molecular weight excluding hydrogens is 266 g/mol. The molecule has 0 aliphatic rings. The van der Waals surface area contributed by atoms with Crippen LogP contribution in [0.15, 0.2) is 36.7 Å². The first kappa shape index (κ1) is 13.4. The van der Waals surface area contributed by atoms with Crippen LogP contribution in [0.5, 0.6) is 0 Å². The second kappa shape index (κ2) is 5.40. The van der Waals surface area contributed by atoms with E-state index in [1.54, 1.807) is 11.9 Å². The minimum Gasteiger partial charge on any atom is -0.337 e. The van der Waals surface area contributed by atoms with Crippen molar-refractivity contribution in [3.05, 3.63) is 48.2 Å². The zero-order chi connectivity index (χ0) is 14.8. The van der Waals surface area contributed by atoms with Gasteiger partial charge in [-0.05, 0) is 24.4 Å². The molecular formula is C15H17N5O. The van der Waals surface area contributed by atoms with E-state index in [0.717, 1.165) is 16.6 Å². The van der Waals surface area contributed by atoms with Crippen molar-refractivity contribution in [2.24, 2.45) is 0 Å². The molecule has 0 spiro atoms. The number of carbonyl (C=O) groups is 1.